The zero-order valence-electron chi connectivity index (χ0n) is 11.4. The predicted molar refractivity (Wildman–Crippen MR) is 67.6 cm³/mol. The maximum absolute atomic E-state index is 12.2. The molecule has 0 unspecified atom stereocenters. The summed E-state index contributed by atoms with van der Waals surface area (Å²) in [6, 6.07) is 0. The molecule has 0 aliphatic carbocycles. The average molecular weight is 252 g/mol. The number of allylic oxidation sites excluding steroid dienone is 4. The van der Waals surface area contributed by atoms with E-state index in [2.05, 4.69) is 0 Å². The second kappa shape index (κ2) is 5.38. The topological polar surface area (TPSA) is 52.6 Å². The quantitative estimate of drug-likeness (QED) is 0.438. The number of hydrogen-bond acceptors (Lipinski definition) is 4. The van der Waals surface area contributed by atoms with E-state index >= 15 is 0 Å². The van der Waals surface area contributed by atoms with E-state index in [-0.39, 0.29) is 0 Å². The first-order chi connectivity index (χ1) is 8.38. The fourth-order valence-corrected chi connectivity index (χ4v) is 1.80. The van der Waals surface area contributed by atoms with Crippen LogP contribution in [0.3, 0.4) is 0 Å². The molecule has 1 fully saturated rings. The third kappa shape index (κ3) is 2.81. The lowest BCUT2D eigenvalue weighted by Crippen LogP contribution is -2.53. The number of rotatable bonds is 4. The minimum Gasteiger partial charge on any atom is -0.422 e. The molecule has 0 radical (unpaired) electrons. The first kappa shape index (κ1) is 14.5. The molecule has 4 nitrogen and oxygen atoms in total. The maximum Gasteiger partial charge on any atom is 0.327 e. The molecule has 4 heteroatoms. The van der Waals surface area contributed by atoms with E-state index in [4.69, 9.17) is 9.47 Å². The minimum absolute atomic E-state index is 0.293. The molecule has 0 spiro atoms. The Balaban J connectivity index is 3.08. The molecule has 1 heterocycles. The van der Waals surface area contributed by atoms with E-state index in [0.717, 1.165) is 0 Å². The molecular formula is C14H20O4. The first-order valence-corrected chi connectivity index (χ1v) is 6.07. The standard InChI is InChI=1S/C14H20O4/c1-5-7-9-14(10-8-6-2)11(15)17-13(3,4)18-12(14)16/h5-8H,9-10H2,1-4H3/b7-5+,8-6+. The summed E-state index contributed by atoms with van der Waals surface area (Å²) in [6.07, 6.45) is 7.76. The summed E-state index contributed by atoms with van der Waals surface area (Å²) in [5, 5.41) is 0. The summed E-state index contributed by atoms with van der Waals surface area (Å²) in [5.41, 5.74) is -1.24. The third-order valence-corrected chi connectivity index (χ3v) is 2.86. The van der Waals surface area contributed by atoms with Crippen molar-refractivity contribution in [1.82, 2.24) is 0 Å². The monoisotopic (exact) mass is 252 g/mol. The SMILES string of the molecule is C/C=C/CC1(C/C=C/C)C(=O)OC(C)(C)OC1=O. The van der Waals surface area contributed by atoms with Gasteiger partial charge in [0.1, 0.15) is 0 Å². The molecule has 0 atom stereocenters. The van der Waals surface area contributed by atoms with Gasteiger partial charge in [-0.2, -0.15) is 0 Å². The lowest BCUT2D eigenvalue weighted by molar-refractivity contribution is -0.250. The molecule has 18 heavy (non-hydrogen) atoms. The Morgan fingerprint density at radius 3 is 1.67 bits per heavy atom. The van der Waals surface area contributed by atoms with E-state index < -0.39 is 23.1 Å². The fraction of sp³-hybridized carbons (Fsp3) is 0.571. The second-order valence-corrected chi connectivity index (χ2v) is 4.81. The Hall–Kier alpha value is -1.58. The Labute approximate surface area is 108 Å². The average Bonchev–Trinajstić information content (AvgIpc) is 2.26. The van der Waals surface area contributed by atoms with Crippen LogP contribution in [0.1, 0.15) is 40.5 Å². The maximum atomic E-state index is 12.2. The highest BCUT2D eigenvalue weighted by atomic mass is 16.7. The van der Waals surface area contributed by atoms with Crippen molar-refractivity contribution in [3.8, 4) is 0 Å². The van der Waals surface area contributed by atoms with Crippen molar-refractivity contribution in [2.45, 2.75) is 46.3 Å². The van der Waals surface area contributed by atoms with Crippen LogP contribution in [0.5, 0.6) is 0 Å². The van der Waals surface area contributed by atoms with Crippen LogP contribution >= 0.6 is 0 Å². The van der Waals surface area contributed by atoms with Crippen molar-refractivity contribution in [3.63, 3.8) is 0 Å². The van der Waals surface area contributed by atoms with Crippen LogP contribution in [0.4, 0.5) is 0 Å². The third-order valence-electron chi connectivity index (χ3n) is 2.86. The van der Waals surface area contributed by atoms with Crippen LogP contribution in [0.25, 0.3) is 0 Å². The number of cyclic esters (lactones) is 2. The van der Waals surface area contributed by atoms with Crippen molar-refractivity contribution in [3.05, 3.63) is 24.3 Å². The van der Waals surface area contributed by atoms with Gasteiger partial charge in [-0.15, -0.1) is 0 Å². The molecule has 1 rings (SSSR count). The molecule has 1 aliphatic rings. The highest BCUT2D eigenvalue weighted by molar-refractivity contribution is 6.02. The summed E-state index contributed by atoms with van der Waals surface area (Å²) in [7, 11) is 0. The van der Waals surface area contributed by atoms with Gasteiger partial charge in [-0.1, -0.05) is 24.3 Å². The molecule has 0 saturated carbocycles. The molecule has 0 aromatic heterocycles. The molecule has 0 aromatic rings. The lowest BCUT2D eigenvalue weighted by Gasteiger charge is -2.39. The van der Waals surface area contributed by atoms with Crippen molar-refractivity contribution >= 4 is 11.9 Å². The van der Waals surface area contributed by atoms with Crippen molar-refractivity contribution in [2.24, 2.45) is 5.41 Å². The second-order valence-electron chi connectivity index (χ2n) is 4.81. The zero-order valence-corrected chi connectivity index (χ0v) is 11.4. The van der Waals surface area contributed by atoms with Gasteiger partial charge in [0.15, 0.2) is 5.41 Å². The normalized spacial score (nSPS) is 22.2. The summed E-state index contributed by atoms with van der Waals surface area (Å²) < 4.78 is 10.4. The van der Waals surface area contributed by atoms with Crippen molar-refractivity contribution in [1.29, 1.82) is 0 Å². The van der Waals surface area contributed by atoms with Gasteiger partial charge < -0.3 is 9.47 Å². The smallest absolute Gasteiger partial charge is 0.327 e. The summed E-state index contributed by atoms with van der Waals surface area (Å²) in [5.74, 6) is -2.20. The molecule has 0 N–H and O–H groups in total. The summed E-state index contributed by atoms with van der Waals surface area (Å²) >= 11 is 0. The van der Waals surface area contributed by atoms with Gasteiger partial charge in [-0.3, -0.25) is 9.59 Å². The van der Waals surface area contributed by atoms with Gasteiger partial charge in [0, 0.05) is 13.8 Å². The van der Waals surface area contributed by atoms with Gasteiger partial charge in [0.05, 0.1) is 0 Å². The molecular weight excluding hydrogens is 232 g/mol. The largest absolute Gasteiger partial charge is 0.422 e. The lowest BCUT2D eigenvalue weighted by atomic mass is 9.80. The van der Waals surface area contributed by atoms with Crippen LogP contribution < -0.4 is 0 Å². The van der Waals surface area contributed by atoms with Gasteiger partial charge in [0.2, 0.25) is 0 Å². The van der Waals surface area contributed by atoms with Crippen molar-refractivity contribution < 1.29 is 19.1 Å². The van der Waals surface area contributed by atoms with E-state index in [0.29, 0.717) is 12.8 Å². The predicted octanol–water partition coefficient (Wildman–Crippen LogP) is 2.74. The van der Waals surface area contributed by atoms with Crippen LogP contribution in [-0.4, -0.2) is 17.7 Å². The van der Waals surface area contributed by atoms with Gasteiger partial charge in [-0.25, -0.2) is 0 Å². The van der Waals surface area contributed by atoms with Gasteiger partial charge in [-0.05, 0) is 26.7 Å². The van der Waals surface area contributed by atoms with E-state index in [1.807, 2.05) is 13.8 Å². The van der Waals surface area contributed by atoms with Crippen LogP contribution in [0.2, 0.25) is 0 Å². The number of carbonyl (C=O) groups is 2. The molecule has 1 saturated heterocycles. The highest BCUT2D eigenvalue weighted by Crippen LogP contribution is 2.38. The van der Waals surface area contributed by atoms with Crippen LogP contribution in [-0.2, 0) is 19.1 Å². The summed E-state index contributed by atoms with van der Waals surface area (Å²) in [4.78, 5) is 24.3. The van der Waals surface area contributed by atoms with Gasteiger partial charge >= 0.3 is 11.9 Å². The molecule has 1 aliphatic heterocycles. The highest BCUT2D eigenvalue weighted by Gasteiger charge is 2.54. The number of hydrogen-bond donors (Lipinski definition) is 0. The number of ether oxygens (including phenoxy) is 2. The molecule has 0 aromatic carbocycles. The number of carbonyl (C=O) groups excluding carboxylic acids is 2. The minimum atomic E-state index is -1.24. The molecule has 0 amide bonds. The Morgan fingerprint density at radius 1 is 0.944 bits per heavy atom. The zero-order chi connectivity index (χ0) is 13.8. The Kier molecular flexibility index (Phi) is 4.33. The molecule has 100 valence electrons. The Bertz CT molecular complexity index is 355. The Morgan fingerprint density at radius 2 is 1.33 bits per heavy atom. The summed E-state index contributed by atoms with van der Waals surface area (Å²) in [6.45, 7) is 6.79. The van der Waals surface area contributed by atoms with Crippen LogP contribution in [0, 0.1) is 5.41 Å². The van der Waals surface area contributed by atoms with Crippen molar-refractivity contribution in [2.75, 3.05) is 0 Å². The molecule has 0 bridgehead atoms. The fourth-order valence-electron chi connectivity index (χ4n) is 1.80. The van der Waals surface area contributed by atoms with Crippen LogP contribution in [0.15, 0.2) is 24.3 Å². The van der Waals surface area contributed by atoms with E-state index in [9.17, 15) is 9.59 Å². The first-order valence-electron chi connectivity index (χ1n) is 6.07. The van der Waals surface area contributed by atoms with E-state index in [1.54, 1.807) is 38.2 Å². The van der Waals surface area contributed by atoms with Gasteiger partial charge in [0.25, 0.3) is 5.79 Å². The number of esters is 2. The van der Waals surface area contributed by atoms with E-state index in [1.165, 1.54) is 0 Å².